The lowest BCUT2D eigenvalue weighted by Gasteiger charge is -2.25. The minimum atomic E-state index is 0.121. The van der Waals surface area contributed by atoms with Crippen LogP contribution in [0.5, 0.6) is 5.75 Å². The summed E-state index contributed by atoms with van der Waals surface area (Å²) < 4.78 is 7.97. The molecule has 0 aliphatic heterocycles. The number of hydrogen-bond acceptors (Lipinski definition) is 3. The van der Waals surface area contributed by atoms with Crippen molar-refractivity contribution < 1.29 is 4.74 Å². The van der Waals surface area contributed by atoms with Crippen molar-refractivity contribution in [1.29, 1.82) is 0 Å². The lowest BCUT2D eigenvalue weighted by atomic mass is 10.1. The van der Waals surface area contributed by atoms with Crippen molar-refractivity contribution in [2.75, 3.05) is 6.54 Å². The van der Waals surface area contributed by atoms with Gasteiger partial charge in [-0.3, -0.25) is 4.68 Å². The molecule has 0 amide bonds. The zero-order chi connectivity index (χ0) is 13.9. The van der Waals surface area contributed by atoms with Crippen LogP contribution in [0.15, 0.2) is 0 Å². The van der Waals surface area contributed by atoms with Crippen molar-refractivity contribution >= 4 is 0 Å². The Morgan fingerprint density at radius 2 is 1.94 bits per heavy atom. The maximum absolute atomic E-state index is 6.10. The Labute approximate surface area is 111 Å². The summed E-state index contributed by atoms with van der Waals surface area (Å²) in [7, 11) is 1.95. The highest BCUT2D eigenvalue weighted by molar-refractivity contribution is 5.32. The molecule has 0 saturated heterocycles. The van der Waals surface area contributed by atoms with Gasteiger partial charge in [0, 0.05) is 19.1 Å². The van der Waals surface area contributed by atoms with E-state index in [1.165, 1.54) is 0 Å². The Hall–Kier alpha value is -1.03. The van der Waals surface area contributed by atoms with Crippen LogP contribution in [0.1, 0.15) is 45.5 Å². The predicted molar refractivity (Wildman–Crippen MR) is 75.1 cm³/mol. The average molecular weight is 253 g/mol. The normalized spacial score (nSPS) is 13.7. The second-order valence-electron chi connectivity index (χ2n) is 5.90. The average Bonchev–Trinajstić information content (AvgIpc) is 2.48. The molecular weight excluding hydrogens is 226 g/mol. The van der Waals surface area contributed by atoms with Crippen LogP contribution in [0.2, 0.25) is 0 Å². The Morgan fingerprint density at radius 1 is 1.33 bits per heavy atom. The Bertz CT molecular complexity index is 390. The molecule has 1 aromatic heterocycles. The van der Waals surface area contributed by atoms with Crippen molar-refractivity contribution in [3.63, 3.8) is 0 Å². The second-order valence-corrected chi connectivity index (χ2v) is 5.90. The predicted octanol–water partition coefficient (Wildman–Crippen LogP) is 2.58. The molecule has 0 bridgehead atoms. The first-order valence-corrected chi connectivity index (χ1v) is 6.66. The first kappa shape index (κ1) is 15.0. The third kappa shape index (κ3) is 4.02. The highest BCUT2D eigenvalue weighted by atomic mass is 16.5. The van der Waals surface area contributed by atoms with Gasteiger partial charge in [-0.15, -0.1) is 0 Å². The van der Waals surface area contributed by atoms with E-state index in [0.29, 0.717) is 0 Å². The van der Waals surface area contributed by atoms with Crippen LogP contribution < -0.4 is 10.1 Å². The third-order valence-electron chi connectivity index (χ3n) is 3.04. The highest BCUT2D eigenvalue weighted by Crippen LogP contribution is 2.23. The lowest BCUT2D eigenvalue weighted by Crippen LogP contribution is -2.42. The van der Waals surface area contributed by atoms with E-state index in [0.717, 1.165) is 30.1 Å². The van der Waals surface area contributed by atoms with E-state index in [9.17, 15) is 0 Å². The Kier molecular flexibility index (Phi) is 4.79. The summed E-state index contributed by atoms with van der Waals surface area (Å²) in [5.41, 5.74) is 2.17. The number of ether oxygens (including phenoxy) is 1. The zero-order valence-corrected chi connectivity index (χ0v) is 12.8. The van der Waals surface area contributed by atoms with Crippen molar-refractivity contribution in [3.8, 4) is 5.75 Å². The molecule has 0 aromatic carbocycles. The van der Waals surface area contributed by atoms with Gasteiger partial charge in [0.2, 0.25) is 0 Å². The molecule has 0 fully saturated rings. The molecule has 0 aliphatic carbocycles. The van der Waals surface area contributed by atoms with Gasteiger partial charge < -0.3 is 10.1 Å². The maximum Gasteiger partial charge on any atom is 0.163 e. The minimum Gasteiger partial charge on any atom is -0.485 e. The van der Waals surface area contributed by atoms with Gasteiger partial charge in [-0.1, -0.05) is 6.92 Å². The molecule has 0 aliphatic rings. The second kappa shape index (κ2) is 5.74. The molecule has 1 unspecified atom stereocenters. The van der Waals surface area contributed by atoms with Gasteiger partial charge in [0.05, 0.1) is 5.69 Å². The number of hydrogen-bond donors (Lipinski definition) is 1. The van der Waals surface area contributed by atoms with Gasteiger partial charge in [0.1, 0.15) is 11.8 Å². The van der Waals surface area contributed by atoms with Crippen LogP contribution >= 0.6 is 0 Å². The van der Waals surface area contributed by atoms with Gasteiger partial charge in [0.25, 0.3) is 0 Å². The number of nitrogens with one attached hydrogen (secondary N) is 1. The number of nitrogens with zero attached hydrogens (tertiary/aromatic N) is 2. The van der Waals surface area contributed by atoms with Crippen molar-refractivity contribution in [3.05, 3.63) is 11.4 Å². The van der Waals surface area contributed by atoms with E-state index in [2.05, 4.69) is 38.1 Å². The quantitative estimate of drug-likeness (QED) is 0.876. The van der Waals surface area contributed by atoms with Gasteiger partial charge >= 0.3 is 0 Å². The van der Waals surface area contributed by atoms with E-state index >= 15 is 0 Å². The number of rotatable bonds is 5. The summed E-state index contributed by atoms with van der Waals surface area (Å²) in [4.78, 5) is 0. The zero-order valence-electron chi connectivity index (χ0n) is 12.8. The summed E-state index contributed by atoms with van der Waals surface area (Å²) in [6, 6.07) is 0. The van der Waals surface area contributed by atoms with E-state index in [4.69, 9.17) is 4.74 Å². The summed E-state index contributed by atoms with van der Waals surface area (Å²) in [6.45, 7) is 13.5. The standard InChI is InChI=1S/C14H27N3O/c1-8-12(9-15-14(4,5)6)18-13-10(2)16-17(7)11(13)3/h12,15H,8-9H2,1-7H3. The van der Waals surface area contributed by atoms with Gasteiger partial charge in [-0.25, -0.2) is 0 Å². The smallest absolute Gasteiger partial charge is 0.163 e. The number of aryl methyl sites for hydroxylation is 2. The van der Waals surface area contributed by atoms with E-state index in [-0.39, 0.29) is 11.6 Å². The fourth-order valence-electron chi connectivity index (χ4n) is 1.78. The molecule has 4 nitrogen and oxygen atoms in total. The first-order chi connectivity index (χ1) is 8.24. The summed E-state index contributed by atoms with van der Waals surface area (Å²) in [5.74, 6) is 0.931. The SMILES string of the molecule is CCC(CNC(C)(C)C)Oc1c(C)nn(C)c1C. The van der Waals surface area contributed by atoms with E-state index < -0.39 is 0 Å². The molecule has 0 radical (unpaired) electrons. The van der Waals surface area contributed by atoms with E-state index in [1.807, 2.05) is 25.6 Å². The first-order valence-electron chi connectivity index (χ1n) is 6.66. The molecule has 1 N–H and O–H groups in total. The van der Waals surface area contributed by atoms with Crippen LogP contribution in [-0.2, 0) is 7.05 Å². The van der Waals surface area contributed by atoms with Crippen molar-refractivity contribution in [2.45, 2.75) is 59.6 Å². The Balaban J connectivity index is 2.68. The molecular formula is C14H27N3O. The molecule has 1 aromatic rings. The number of aromatic nitrogens is 2. The molecule has 1 atom stereocenters. The van der Waals surface area contributed by atoms with Crippen LogP contribution in [0.4, 0.5) is 0 Å². The molecule has 18 heavy (non-hydrogen) atoms. The summed E-state index contributed by atoms with van der Waals surface area (Å²) in [6.07, 6.45) is 1.17. The van der Waals surface area contributed by atoms with Crippen molar-refractivity contribution in [2.24, 2.45) is 7.05 Å². The fourth-order valence-corrected chi connectivity index (χ4v) is 1.78. The molecule has 104 valence electrons. The van der Waals surface area contributed by atoms with Crippen LogP contribution in [0.3, 0.4) is 0 Å². The largest absolute Gasteiger partial charge is 0.485 e. The minimum absolute atomic E-state index is 0.121. The third-order valence-corrected chi connectivity index (χ3v) is 3.04. The maximum atomic E-state index is 6.10. The van der Waals surface area contributed by atoms with E-state index in [1.54, 1.807) is 0 Å². The summed E-state index contributed by atoms with van der Waals surface area (Å²) >= 11 is 0. The molecule has 4 heteroatoms. The molecule has 1 heterocycles. The van der Waals surface area contributed by atoms with Gasteiger partial charge in [-0.2, -0.15) is 5.10 Å². The monoisotopic (exact) mass is 253 g/mol. The molecule has 0 spiro atoms. The Morgan fingerprint density at radius 3 is 2.33 bits per heavy atom. The van der Waals surface area contributed by atoms with Crippen LogP contribution in [0.25, 0.3) is 0 Å². The molecule has 0 saturated carbocycles. The summed E-state index contributed by atoms with van der Waals surface area (Å²) in [5, 5.41) is 7.86. The topological polar surface area (TPSA) is 39.1 Å². The lowest BCUT2D eigenvalue weighted by molar-refractivity contribution is 0.179. The van der Waals surface area contributed by atoms with Crippen molar-refractivity contribution in [1.82, 2.24) is 15.1 Å². The molecule has 1 rings (SSSR count). The van der Waals surface area contributed by atoms with Crippen LogP contribution in [0, 0.1) is 13.8 Å². The highest BCUT2D eigenvalue weighted by Gasteiger charge is 2.18. The van der Waals surface area contributed by atoms with Crippen LogP contribution in [-0.4, -0.2) is 28.0 Å². The fraction of sp³-hybridized carbons (Fsp3) is 0.786. The van der Waals surface area contributed by atoms with Gasteiger partial charge in [0.15, 0.2) is 5.75 Å². The van der Waals surface area contributed by atoms with Gasteiger partial charge in [-0.05, 0) is 41.0 Å².